The minimum atomic E-state index is -1.55. The maximum Gasteiger partial charge on any atom is 0.325 e. The highest BCUT2D eigenvalue weighted by Crippen LogP contribution is 2.28. The normalized spacial score (nSPS) is 19.3. The van der Waals surface area contributed by atoms with Crippen molar-refractivity contribution in [3.8, 4) is 0 Å². The first-order valence-electron chi connectivity index (χ1n) is 4.65. The first-order valence-corrected chi connectivity index (χ1v) is 4.65. The summed E-state index contributed by atoms with van der Waals surface area (Å²) in [7, 11) is 0. The van der Waals surface area contributed by atoms with Crippen LogP contribution in [0.5, 0.6) is 0 Å². The van der Waals surface area contributed by atoms with Gasteiger partial charge in [-0.25, -0.2) is 13.2 Å². The van der Waals surface area contributed by atoms with E-state index in [1.165, 1.54) is 0 Å². The van der Waals surface area contributed by atoms with Crippen LogP contribution in [-0.4, -0.2) is 17.6 Å². The number of hydrogen-bond acceptors (Lipinski definition) is 2. The molecule has 0 bridgehead atoms. The van der Waals surface area contributed by atoms with Crippen LogP contribution in [0, 0.1) is 17.5 Å². The molecule has 86 valence electrons. The minimum absolute atomic E-state index is 0.0462. The van der Waals surface area contributed by atoms with Crippen molar-refractivity contribution < 1.29 is 23.1 Å². The fourth-order valence-electron chi connectivity index (χ4n) is 1.83. The summed E-state index contributed by atoms with van der Waals surface area (Å²) in [6.07, 6.45) is 0.141. The first-order chi connectivity index (χ1) is 7.52. The average molecular weight is 231 g/mol. The smallest absolute Gasteiger partial charge is 0.325 e. The molecule has 0 saturated carbocycles. The summed E-state index contributed by atoms with van der Waals surface area (Å²) in [5.74, 6) is -5.45. The maximum atomic E-state index is 13.3. The fourth-order valence-corrected chi connectivity index (χ4v) is 1.83. The van der Waals surface area contributed by atoms with Gasteiger partial charge < -0.3 is 10.4 Å². The average Bonchev–Trinajstić information content (AvgIpc) is 2.25. The Morgan fingerprint density at radius 2 is 2.06 bits per heavy atom. The summed E-state index contributed by atoms with van der Waals surface area (Å²) in [6.45, 7) is 0.214. The lowest BCUT2D eigenvalue weighted by Crippen LogP contribution is -2.36. The Labute approximate surface area is 88.9 Å². The van der Waals surface area contributed by atoms with Crippen LogP contribution in [0.1, 0.15) is 17.2 Å². The molecule has 1 heterocycles. The van der Waals surface area contributed by atoms with Crippen molar-refractivity contribution in [1.29, 1.82) is 0 Å². The molecule has 2 N–H and O–H groups in total. The molecule has 0 amide bonds. The van der Waals surface area contributed by atoms with Crippen LogP contribution < -0.4 is 5.32 Å². The second kappa shape index (κ2) is 3.79. The minimum Gasteiger partial charge on any atom is -0.480 e. The van der Waals surface area contributed by atoms with E-state index in [0.717, 1.165) is 6.07 Å². The number of carboxylic acids is 1. The third-order valence-electron chi connectivity index (χ3n) is 2.58. The highest BCUT2D eigenvalue weighted by atomic mass is 19.2. The highest BCUT2D eigenvalue weighted by molar-refractivity contribution is 5.76. The van der Waals surface area contributed by atoms with E-state index in [4.69, 9.17) is 5.11 Å². The number of carbonyl (C=O) groups is 1. The van der Waals surface area contributed by atoms with Crippen molar-refractivity contribution in [1.82, 2.24) is 5.32 Å². The van der Waals surface area contributed by atoms with Gasteiger partial charge in [-0.2, -0.15) is 0 Å². The van der Waals surface area contributed by atoms with Gasteiger partial charge in [0.05, 0.1) is 0 Å². The molecule has 6 heteroatoms. The molecule has 0 aromatic heterocycles. The standard InChI is InChI=1S/C10H8F3NO2/c11-6-3-5-4(7(12)8(6)13)1-2-14-9(5)10(15)16/h3,9,14H,1-2H2,(H,15,16). The van der Waals surface area contributed by atoms with E-state index in [1.807, 2.05) is 0 Å². The molecule has 1 unspecified atom stereocenters. The number of rotatable bonds is 1. The Kier molecular flexibility index (Phi) is 2.59. The van der Waals surface area contributed by atoms with Gasteiger partial charge in [-0.1, -0.05) is 0 Å². The monoisotopic (exact) mass is 231 g/mol. The van der Waals surface area contributed by atoms with Gasteiger partial charge >= 0.3 is 5.97 Å². The summed E-state index contributed by atoms with van der Waals surface area (Å²) in [5.41, 5.74) is -0.111. The van der Waals surface area contributed by atoms with E-state index in [0.29, 0.717) is 0 Å². The zero-order valence-corrected chi connectivity index (χ0v) is 8.06. The van der Waals surface area contributed by atoms with Crippen molar-refractivity contribution in [2.75, 3.05) is 6.54 Å². The largest absolute Gasteiger partial charge is 0.480 e. The van der Waals surface area contributed by atoms with E-state index < -0.39 is 29.5 Å². The van der Waals surface area contributed by atoms with Gasteiger partial charge in [-0.05, 0) is 23.6 Å². The molecule has 0 fully saturated rings. The molecular weight excluding hydrogens is 223 g/mol. The number of aliphatic carboxylic acids is 1. The summed E-state index contributed by atoms with van der Waals surface area (Å²) in [4.78, 5) is 10.8. The van der Waals surface area contributed by atoms with Crippen LogP contribution in [0.4, 0.5) is 13.2 Å². The Morgan fingerprint density at radius 3 is 2.69 bits per heavy atom. The number of benzene rings is 1. The molecule has 1 aliphatic rings. The fraction of sp³-hybridized carbons (Fsp3) is 0.300. The number of carboxylic acid groups (broad SMARTS) is 1. The van der Waals surface area contributed by atoms with Gasteiger partial charge in [0, 0.05) is 6.54 Å². The molecule has 16 heavy (non-hydrogen) atoms. The van der Waals surface area contributed by atoms with Gasteiger partial charge in [0.2, 0.25) is 0 Å². The van der Waals surface area contributed by atoms with Crippen LogP contribution in [0.25, 0.3) is 0 Å². The lowest BCUT2D eigenvalue weighted by Gasteiger charge is -2.24. The number of halogens is 3. The molecule has 2 rings (SSSR count). The molecular formula is C10H8F3NO2. The zero-order valence-electron chi connectivity index (χ0n) is 8.06. The van der Waals surface area contributed by atoms with E-state index in [9.17, 15) is 18.0 Å². The summed E-state index contributed by atoms with van der Waals surface area (Å²) >= 11 is 0. The second-order valence-electron chi connectivity index (χ2n) is 3.53. The lowest BCUT2D eigenvalue weighted by molar-refractivity contribution is -0.139. The lowest BCUT2D eigenvalue weighted by atomic mass is 9.93. The van der Waals surface area contributed by atoms with Crippen LogP contribution in [0.2, 0.25) is 0 Å². The van der Waals surface area contributed by atoms with Crippen molar-refractivity contribution in [2.45, 2.75) is 12.5 Å². The predicted octanol–water partition coefficient (Wildman–Crippen LogP) is 1.38. The van der Waals surface area contributed by atoms with E-state index in [-0.39, 0.29) is 24.1 Å². The molecule has 0 spiro atoms. The molecule has 1 aromatic rings. The Bertz CT molecular complexity index is 462. The number of hydrogen-bond donors (Lipinski definition) is 2. The van der Waals surface area contributed by atoms with E-state index >= 15 is 0 Å². The SMILES string of the molecule is O=C(O)C1NCCc2c1cc(F)c(F)c2F. The summed E-state index contributed by atoms with van der Waals surface area (Å²) < 4.78 is 39.2. The Hall–Kier alpha value is -1.56. The predicted molar refractivity (Wildman–Crippen MR) is 48.4 cm³/mol. The molecule has 1 aliphatic heterocycles. The Morgan fingerprint density at radius 1 is 1.38 bits per heavy atom. The quantitative estimate of drug-likeness (QED) is 0.718. The van der Waals surface area contributed by atoms with Gasteiger partial charge in [-0.15, -0.1) is 0 Å². The van der Waals surface area contributed by atoms with Crippen LogP contribution in [0.3, 0.4) is 0 Å². The van der Waals surface area contributed by atoms with Crippen molar-refractivity contribution in [3.05, 3.63) is 34.6 Å². The van der Waals surface area contributed by atoms with Crippen molar-refractivity contribution >= 4 is 5.97 Å². The molecule has 0 radical (unpaired) electrons. The second-order valence-corrected chi connectivity index (χ2v) is 3.53. The Balaban J connectivity index is 2.62. The third kappa shape index (κ3) is 1.55. The first kappa shape index (κ1) is 10.9. The number of fused-ring (bicyclic) bond motifs is 1. The zero-order chi connectivity index (χ0) is 11.9. The third-order valence-corrected chi connectivity index (χ3v) is 2.58. The van der Waals surface area contributed by atoms with Crippen LogP contribution in [0.15, 0.2) is 6.07 Å². The van der Waals surface area contributed by atoms with Gasteiger partial charge in [0.1, 0.15) is 6.04 Å². The van der Waals surface area contributed by atoms with Crippen molar-refractivity contribution in [2.24, 2.45) is 0 Å². The molecule has 0 aliphatic carbocycles. The van der Waals surface area contributed by atoms with E-state index in [1.54, 1.807) is 0 Å². The van der Waals surface area contributed by atoms with Gasteiger partial charge in [-0.3, -0.25) is 4.79 Å². The molecule has 3 nitrogen and oxygen atoms in total. The maximum absolute atomic E-state index is 13.3. The van der Waals surface area contributed by atoms with Gasteiger partial charge in [0.15, 0.2) is 17.5 Å². The summed E-state index contributed by atoms with van der Waals surface area (Å²) in [5, 5.41) is 11.4. The topological polar surface area (TPSA) is 49.3 Å². The summed E-state index contributed by atoms with van der Waals surface area (Å²) in [6, 6.07) is -0.452. The van der Waals surface area contributed by atoms with E-state index in [2.05, 4.69) is 5.32 Å². The molecule has 1 aromatic carbocycles. The van der Waals surface area contributed by atoms with Crippen LogP contribution in [-0.2, 0) is 11.2 Å². The van der Waals surface area contributed by atoms with Gasteiger partial charge in [0.25, 0.3) is 0 Å². The van der Waals surface area contributed by atoms with Crippen LogP contribution >= 0.6 is 0 Å². The molecule has 0 saturated heterocycles. The van der Waals surface area contributed by atoms with Crippen molar-refractivity contribution in [3.63, 3.8) is 0 Å². The molecule has 1 atom stereocenters. The highest BCUT2D eigenvalue weighted by Gasteiger charge is 2.30. The number of nitrogens with one attached hydrogen (secondary N) is 1.